The molecule has 0 fully saturated rings. The van der Waals surface area contributed by atoms with Crippen molar-refractivity contribution in [1.82, 2.24) is 10.6 Å². The molecule has 3 N–H and O–H groups in total. The zero-order chi connectivity index (χ0) is 15.7. The Morgan fingerprint density at radius 1 is 1.38 bits per heavy atom. The van der Waals surface area contributed by atoms with E-state index in [0.29, 0.717) is 0 Å². The highest BCUT2D eigenvalue weighted by Crippen LogP contribution is 2.22. The average molecular weight is 314 g/mol. The molecule has 7 heteroatoms. The van der Waals surface area contributed by atoms with Crippen molar-refractivity contribution >= 4 is 23.3 Å². The summed E-state index contributed by atoms with van der Waals surface area (Å²) in [7, 11) is 1.49. The maximum Gasteiger partial charge on any atom is 0.326 e. The van der Waals surface area contributed by atoms with Crippen LogP contribution in [-0.2, 0) is 9.53 Å². The summed E-state index contributed by atoms with van der Waals surface area (Å²) in [5, 5.41) is 16.3. The molecule has 0 saturated heterocycles. The van der Waals surface area contributed by atoms with Crippen LogP contribution in [0.25, 0.3) is 0 Å². The smallest absolute Gasteiger partial charge is 0.326 e. The van der Waals surface area contributed by atoms with Crippen LogP contribution in [-0.4, -0.2) is 36.9 Å². The molecule has 21 heavy (non-hydrogen) atoms. The molecular formula is C14H22N2O4S. The van der Waals surface area contributed by atoms with Gasteiger partial charge in [0.15, 0.2) is 0 Å². The Bertz CT molecular complexity index is 436. The molecule has 0 aliphatic carbocycles. The van der Waals surface area contributed by atoms with Crippen molar-refractivity contribution in [2.75, 3.05) is 13.7 Å². The minimum absolute atomic E-state index is 0.0909. The van der Waals surface area contributed by atoms with Crippen LogP contribution < -0.4 is 10.6 Å². The van der Waals surface area contributed by atoms with E-state index in [0.717, 1.165) is 17.7 Å². The van der Waals surface area contributed by atoms with Gasteiger partial charge < -0.3 is 20.5 Å². The van der Waals surface area contributed by atoms with Gasteiger partial charge in [0.25, 0.3) is 0 Å². The maximum atomic E-state index is 12.0. The van der Waals surface area contributed by atoms with Gasteiger partial charge in [0.1, 0.15) is 6.04 Å². The number of methoxy groups -OCH3 is 1. The first-order valence-electron chi connectivity index (χ1n) is 6.90. The number of carboxylic acid groups (broad SMARTS) is 1. The van der Waals surface area contributed by atoms with E-state index >= 15 is 0 Å². The number of ether oxygens (including phenoxy) is 1. The number of aliphatic carboxylic acids is 1. The number of urea groups is 1. The molecular weight excluding hydrogens is 292 g/mol. The number of rotatable bonds is 9. The summed E-state index contributed by atoms with van der Waals surface area (Å²) in [4.78, 5) is 24.1. The molecule has 0 aliphatic heterocycles. The molecule has 0 bridgehead atoms. The lowest BCUT2D eigenvalue weighted by molar-refractivity contribution is -0.139. The van der Waals surface area contributed by atoms with Crippen LogP contribution in [0.3, 0.4) is 0 Å². The Morgan fingerprint density at radius 2 is 2.14 bits per heavy atom. The van der Waals surface area contributed by atoms with Gasteiger partial charge in [-0.25, -0.2) is 9.59 Å². The second kappa shape index (κ2) is 9.36. The van der Waals surface area contributed by atoms with Gasteiger partial charge in [0, 0.05) is 25.0 Å². The van der Waals surface area contributed by atoms with E-state index in [1.165, 1.54) is 7.11 Å². The van der Waals surface area contributed by atoms with Crippen LogP contribution in [0.1, 0.15) is 37.1 Å². The van der Waals surface area contributed by atoms with Gasteiger partial charge >= 0.3 is 12.0 Å². The maximum absolute atomic E-state index is 12.0. The van der Waals surface area contributed by atoms with Gasteiger partial charge in [-0.05, 0) is 17.9 Å². The molecule has 0 aliphatic rings. The fourth-order valence-electron chi connectivity index (χ4n) is 1.92. The fraction of sp³-hybridized carbons (Fsp3) is 0.571. The summed E-state index contributed by atoms with van der Waals surface area (Å²) < 4.78 is 4.85. The topological polar surface area (TPSA) is 87.7 Å². The van der Waals surface area contributed by atoms with Crippen molar-refractivity contribution in [3.05, 3.63) is 22.4 Å². The quantitative estimate of drug-likeness (QED) is 0.653. The van der Waals surface area contributed by atoms with Gasteiger partial charge in [-0.2, -0.15) is 0 Å². The van der Waals surface area contributed by atoms with Crippen LogP contribution in [0, 0.1) is 0 Å². The normalized spacial score (nSPS) is 13.4. The van der Waals surface area contributed by atoms with E-state index in [2.05, 4.69) is 10.6 Å². The van der Waals surface area contributed by atoms with E-state index in [-0.39, 0.29) is 19.1 Å². The SMILES string of the molecule is CCCC(NC(=O)NC(CCOC)C(=O)O)c1cccs1. The standard InChI is InChI=1S/C14H22N2O4S/c1-3-5-10(12-6-4-9-21-12)15-14(19)16-11(13(17)18)7-8-20-2/h4,6,9-11H,3,5,7-8H2,1-2H3,(H,17,18)(H2,15,16,19). The van der Waals surface area contributed by atoms with Crippen molar-refractivity contribution in [3.63, 3.8) is 0 Å². The summed E-state index contributed by atoms with van der Waals surface area (Å²) in [6.45, 7) is 2.32. The van der Waals surface area contributed by atoms with Gasteiger partial charge in [-0.1, -0.05) is 19.4 Å². The molecule has 0 saturated carbocycles. The zero-order valence-corrected chi connectivity index (χ0v) is 13.1. The first-order chi connectivity index (χ1) is 10.1. The van der Waals surface area contributed by atoms with Crippen molar-refractivity contribution in [2.24, 2.45) is 0 Å². The van der Waals surface area contributed by atoms with Gasteiger partial charge in [0.2, 0.25) is 0 Å². The Morgan fingerprint density at radius 3 is 2.67 bits per heavy atom. The van der Waals surface area contributed by atoms with E-state index < -0.39 is 18.0 Å². The minimum Gasteiger partial charge on any atom is -0.480 e. The predicted molar refractivity (Wildman–Crippen MR) is 81.6 cm³/mol. The number of carbonyl (C=O) groups is 2. The van der Waals surface area contributed by atoms with Crippen molar-refractivity contribution in [2.45, 2.75) is 38.3 Å². The van der Waals surface area contributed by atoms with Crippen LogP contribution in [0.4, 0.5) is 4.79 Å². The number of hydrogen-bond donors (Lipinski definition) is 3. The Hall–Kier alpha value is -1.60. The number of carboxylic acids is 1. The molecule has 0 aromatic carbocycles. The number of nitrogens with one attached hydrogen (secondary N) is 2. The third-order valence-electron chi connectivity index (χ3n) is 2.98. The summed E-state index contributed by atoms with van der Waals surface area (Å²) >= 11 is 1.57. The summed E-state index contributed by atoms with van der Waals surface area (Å²) in [5.41, 5.74) is 0. The molecule has 0 spiro atoms. The monoisotopic (exact) mass is 314 g/mol. The van der Waals surface area contributed by atoms with Crippen LogP contribution in [0.15, 0.2) is 17.5 Å². The second-order valence-electron chi connectivity index (χ2n) is 4.65. The van der Waals surface area contributed by atoms with Gasteiger partial charge in [0.05, 0.1) is 6.04 Å². The molecule has 1 aromatic rings. The molecule has 2 unspecified atom stereocenters. The van der Waals surface area contributed by atoms with E-state index in [1.807, 2.05) is 24.4 Å². The zero-order valence-electron chi connectivity index (χ0n) is 12.3. The molecule has 0 radical (unpaired) electrons. The van der Waals surface area contributed by atoms with E-state index in [9.17, 15) is 9.59 Å². The van der Waals surface area contributed by atoms with Crippen LogP contribution in [0.2, 0.25) is 0 Å². The highest BCUT2D eigenvalue weighted by molar-refractivity contribution is 7.10. The molecule has 2 amide bonds. The number of carbonyl (C=O) groups excluding carboxylic acids is 1. The van der Waals surface area contributed by atoms with Crippen molar-refractivity contribution in [3.8, 4) is 0 Å². The van der Waals surface area contributed by atoms with Crippen LogP contribution in [0.5, 0.6) is 0 Å². The lowest BCUT2D eigenvalue weighted by Gasteiger charge is -2.20. The molecule has 1 rings (SSSR count). The first kappa shape index (κ1) is 17.5. The number of hydrogen-bond acceptors (Lipinski definition) is 4. The average Bonchev–Trinajstić information content (AvgIpc) is 2.96. The molecule has 6 nitrogen and oxygen atoms in total. The highest BCUT2D eigenvalue weighted by atomic mass is 32.1. The second-order valence-corrected chi connectivity index (χ2v) is 5.63. The van der Waals surface area contributed by atoms with Gasteiger partial charge in [-0.3, -0.25) is 0 Å². The third kappa shape index (κ3) is 6.14. The van der Waals surface area contributed by atoms with E-state index in [4.69, 9.17) is 9.84 Å². The Kier molecular flexibility index (Phi) is 7.78. The first-order valence-corrected chi connectivity index (χ1v) is 7.78. The summed E-state index contributed by atoms with van der Waals surface area (Å²) in [6, 6.07) is 2.39. The van der Waals surface area contributed by atoms with E-state index in [1.54, 1.807) is 11.3 Å². The largest absolute Gasteiger partial charge is 0.480 e. The molecule has 1 heterocycles. The summed E-state index contributed by atoms with van der Waals surface area (Å²) in [6.07, 6.45) is 1.97. The minimum atomic E-state index is -1.06. The third-order valence-corrected chi connectivity index (χ3v) is 3.97. The molecule has 118 valence electrons. The number of thiophene rings is 1. The fourth-order valence-corrected chi connectivity index (χ4v) is 2.73. The molecule has 2 atom stereocenters. The predicted octanol–water partition coefficient (Wildman–Crippen LogP) is 2.38. The molecule has 1 aromatic heterocycles. The van der Waals surface area contributed by atoms with Crippen LogP contribution >= 0.6 is 11.3 Å². The number of amides is 2. The highest BCUT2D eigenvalue weighted by Gasteiger charge is 2.21. The lowest BCUT2D eigenvalue weighted by Crippen LogP contribution is -2.47. The lowest BCUT2D eigenvalue weighted by atomic mass is 10.1. The van der Waals surface area contributed by atoms with Crippen molar-refractivity contribution in [1.29, 1.82) is 0 Å². The Labute approximate surface area is 128 Å². The van der Waals surface area contributed by atoms with Crippen molar-refractivity contribution < 1.29 is 19.4 Å². The Balaban J connectivity index is 2.58. The summed E-state index contributed by atoms with van der Waals surface area (Å²) in [5.74, 6) is -1.06. The van der Waals surface area contributed by atoms with Gasteiger partial charge in [-0.15, -0.1) is 11.3 Å².